The lowest BCUT2D eigenvalue weighted by Gasteiger charge is -2.26. The van der Waals surface area contributed by atoms with E-state index < -0.39 is 0 Å². The Kier molecular flexibility index (Phi) is 6.09. The molecule has 1 aliphatic carbocycles. The van der Waals surface area contributed by atoms with Crippen molar-refractivity contribution in [2.24, 2.45) is 7.05 Å². The smallest absolute Gasteiger partial charge is 0.131 e. The van der Waals surface area contributed by atoms with Crippen molar-refractivity contribution in [1.29, 1.82) is 0 Å². The van der Waals surface area contributed by atoms with Crippen LogP contribution in [-0.4, -0.2) is 28.9 Å². The molecule has 1 aromatic rings. The normalized spacial score (nSPS) is 14.7. The third-order valence-electron chi connectivity index (χ3n) is 4.32. The average Bonchev–Trinajstić information content (AvgIpc) is 3.24. The highest BCUT2D eigenvalue weighted by Gasteiger charge is 2.23. The first-order valence-electron chi connectivity index (χ1n) is 8.68. The van der Waals surface area contributed by atoms with E-state index in [1.165, 1.54) is 55.6 Å². The van der Waals surface area contributed by atoms with Gasteiger partial charge in [0.2, 0.25) is 0 Å². The van der Waals surface area contributed by atoms with Gasteiger partial charge in [-0.05, 0) is 32.6 Å². The molecule has 0 atom stereocenters. The van der Waals surface area contributed by atoms with Crippen LogP contribution in [-0.2, 0) is 13.6 Å². The van der Waals surface area contributed by atoms with E-state index in [-0.39, 0.29) is 0 Å². The predicted molar refractivity (Wildman–Crippen MR) is 89.8 cm³/mol. The third-order valence-corrected chi connectivity index (χ3v) is 4.32. The predicted octanol–water partition coefficient (Wildman–Crippen LogP) is 3.39. The molecule has 1 saturated carbocycles. The minimum Gasteiger partial charge on any atom is -0.357 e. The topological polar surface area (TPSA) is 33.1 Å². The minimum absolute atomic E-state index is 0.747. The Morgan fingerprint density at radius 3 is 2.33 bits per heavy atom. The quantitative estimate of drug-likeness (QED) is 0.717. The van der Waals surface area contributed by atoms with E-state index in [9.17, 15) is 0 Å². The van der Waals surface area contributed by atoms with Crippen molar-refractivity contribution in [2.75, 3.05) is 18.0 Å². The summed E-state index contributed by atoms with van der Waals surface area (Å²) in [5.41, 5.74) is 2.58. The van der Waals surface area contributed by atoms with Gasteiger partial charge in [0.05, 0.1) is 5.69 Å². The molecule has 0 unspecified atom stereocenters. The van der Waals surface area contributed by atoms with Crippen LogP contribution in [0.2, 0.25) is 0 Å². The summed E-state index contributed by atoms with van der Waals surface area (Å²) >= 11 is 0. The summed E-state index contributed by atoms with van der Waals surface area (Å²) in [6, 6.07) is 0.747. The van der Waals surface area contributed by atoms with Gasteiger partial charge in [-0.2, -0.15) is 5.10 Å². The highest BCUT2D eigenvalue weighted by Crippen LogP contribution is 2.26. The van der Waals surface area contributed by atoms with Crippen LogP contribution in [0.3, 0.4) is 0 Å². The molecule has 21 heavy (non-hydrogen) atoms. The molecule has 0 aliphatic heterocycles. The first-order valence-corrected chi connectivity index (χ1v) is 8.68. The van der Waals surface area contributed by atoms with Gasteiger partial charge in [-0.1, -0.05) is 26.7 Å². The summed E-state index contributed by atoms with van der Waals surface area (Å²) in [5.74, 6) is 1.34. The monoisotopic (exact) mass is 292 g/mol. The van der Waals surface area contributed by atoms with Crippen LogP contribution in [0.5, 0.6) is 0 Å². The third kappa shape index (κ3) is 4.47. The van der Waals surface area contributed by atoms with Crippen LogP contribution < -0.4 is 10.2 Å². The number of nitrogens with one attached hydrogen (secondary N) is 1. The second-order valence-electron chi connectivity index (χ2n) is 6.36. The number of anilines is 1. The lowest BCUT2D eigenvalue weighted by Crippen LogP contribution is -2.29. The minimum atomic E-state index is 0.747. The van der Waals surface area contributed by atoms with E-state index in [4.69, 9.17) is 0 Å². The first kappa shape index (κ1) is 16.3. The molecule has 1 heterocycles. The molecule has 0 aromatic carbocycles. The van der Waals surface area contributed by atoms with Crippen molar-refractivity contribution in [2.45, 2.75) is 71.9 Å². The highest BCUT2D eigenvalue weighted by molar-refractivity contribution is 5.50. The van der Waals surface area contributed by atoms with Crippen LogP contribution >= 0.6 is 0 Å². The maximum Gasteiger partial charge on any atom is 0.131 e. The van der Waals surface area contributed by atoms with E-state index in [1.807, 2.05) is 0 Å². The van der Waals surface area contributed by atoms with Crippen LogP contribution in [0.1, 0.15) is 63.6 Å². The fourth-order valence-corrected chi connectivity index (χ4v) is 2.85. The van der Waals surface area contributed by atoms with E-state index >= 15 is 0 Å². The largest absolute Gasteiger partial charge is 0.357 e. The van der Waals surface area contributed by atoms with Crippen molar-refractivity contribution in [3.63, 3.8) is 0 Å². The number of unbranched alkanes of at least 4 members (excludes halogenated alkanes) is 2. The van der Waals surface area contributed by atoms with Crippen molar-refractivity contribution < 1.29 is 0 Å². The standard InChI is InChI=1S/C17H32N4/c1-5-7-11-21(12-8-6-2)17-16(13-18-15-9-10-15)14(3)19-20(17)4/h15,18H,5-13H2,1-4H3. The molecule has 0 radical (unpaired) electrons. The number of aryl methyl sites for hydroxylation is 2. The van der Waals surface area contributed by atoms with Gasteiger partial charge in [-0.15, -0.1) is 0 Å². The lowest BCUT2D eigenvalue weighted by atomic mass is 10.2. The Balaban J connectivity index is 2.14. The molecule has 0 amide bonds. The molecular formula is C17H32N4. The average molecular weight is 292 g/mol. The van der Waals surface area contributed by atoms with Crippen LogP contribution in [0.4, 0.5) is 5.82 Å². The van der Waals surface area contributed by atoms with E-state index in [0.29, 0.717) is 0 Å². The second-order valence-corrected chi connectivity index (χ2v) is 6.36. The molecular weight excluding hydrogens is 260 g/mol. The zero-order valence-electron chi connectivity index (χ0n) is 14.3. The van der Waals surface area contributed by atoms with Crippen molar-refractivity contribution in [1.82, 2.24) is 15.1 Å². The number of hydrogen-bond acceptors (Lipinski definition) is 3. The van der Waals surface area contributed by atoms with E-state index in [1.54, 1.807) is 0 Å². The Bertz CT molecular complexity index is 426. The summed E-state index contributed by atoms with van der Waals surface area (Å²) < 4.78 is 2.09. The van der Waals surface area contributed by atoms with Crippen LogP contribution in [0.25, 0.3) is 0 Å². The van der Waals surface area contributed by atoms with Gasteiger partial charge in [0.15, 0.2) is 0 Å². The van der Waals surface area contributed by atoms with Gasteiger partial charge in [0.25, 0.3) is 0 Å². The second kappa shape index (κ2) is 7.83. The summed E-state index contributed by atoms with van der Waals surface area (Å²) in [6.45, 7) is 9.93. The molecule has 1 N–H and O–H groups in total. The molecule has 2 rings (SSSR count). The molecule has 1 fully saturated rings. The van der Waals surface area contributed by atoms with E-state index in [2.05, 4.69) is 47.8 Å². The molecule has 0 bridgehead atoms. The molecule has 120 valence electrons. The van der Waals surface area contributed by atoms with Gasteiger partial charge < -0.3 is 10.2 Å². The summed E-state index contributed by atoms with van der Waals surface area (Å²) in [7, 11) is 2.09. The van der Waals surface area contributed by atoms with E-state index in [0.717, 1.165) is 25.7 Å². The fraction of sp³-hybridized carbons (Fsp3) is 0.824. The van der Waals surface area contributed by atoms with Crippen molar-refractivity contribution in [3.8, 4) is 0 Å². The molecule has 4 nitrogen and oxygen atoms in total. The number of nitrogens with zero attached hydrogens (tertiary/aromatic N) is 3. The van der Waals surface area contributed by atoms with Gasteiger partial charge >= 0.3 is 0 Å². The fourth-order valence-electron chi connectivity index (χ4n) is 2.85. The lowest BCUT2D eigenvalue weighted by molar-refractivity contribution is 0.633. The number of rotatable bonds is 10. The van der Waals surface area contributed by atoms with Gasteiger partial charge in [-0.25, -0.2) is 0 Å². The zero-order valence-corrected chi connectivity index (χ0v) is 14.3. The Morgan fingerprint density at radius 2 is 1.81 bits per heavy atom. The van der Waals surface area contributed by atoms with Gasteiger partial charge in [0, 0.05) is 38.3 Å². The zero-order chi connectivity index (χ0) is 15.2. The Hall–Kier alpha value is -1.03. The SMILES string of the molecule is CCCCN(CCCC)c1c(CNC2CC2)c(C)nn1C. The Morgan fingerprint density at radius 1 is 1.19 bits per heavy atom. The maximum atomic E-state index is 4.68. The number of hydrogen-bond donors (Lipinski definition) is 1. The molecule has 0 spiro atoms. The molecule has 0 saturated heterocycles. The summed E-state index contributed by atoms with van der Waals surface area (Å²) in [4.78, 5) is 2.55. The van der Waals surface area contributed by atoms with Gasteiger partial charge in [-0.3, -0.25) is 4.68 Å². The molecule has 4 heteroatoms. The highest BCUT2D eigenvalue weighted by atomic mass is 15.4. The Labute approximate surface area is 129 Å². The van der Waals surface area contributed by atoms with Crippen LogP contribution in [0, 0.1) is 6.92 Å². The van der Waals surface area contributed by atoms with Gasteiger partial charge in [0.1, 0.15) is 5.82 Å². The van der Waals surface area contributed by atoms with Crippen LogP contribution in [0.15, 0.2) is 0 Å². The van der Waals surface area contributed by atoms with Crippen molar-refractivity contribution in [3.05, 3.63) is 11.3 Å². The van der Waals surface area contributed by atoms with Crippen molar-refractivity contribution >= 4 is 5.82 Å². The first-order chi connectivity index (χ1) is 10.2. The number of aromatic nitrogens is 2. The maximum absolute atomic E-state index is 4.68. The molecule has 1 aliphatic rings. The summed E-state index contributed by atoms with van der Waals surface area (Å²) in [6.07, 6.45) is 7.67. The molecule has 1 aromatic heterocycles. The summed E-state index contributed by atoms with van der Waals surface area (Å²) in [5, 5.41) is 8.34.